The number of carbonyl (C=O) groups excluding carboxylic acids is 1. The summed E-state index contributed by atoms with van der Waals surface area (Å²) in [6.45, 7) is 5.62. The molecule has 23 heavy (non-hydrogen) atoms. The monoisotopic (exact) mass is 336 g/mol. The average Bonchev–Trinajstić information content (AvgIpc) is 3.00. The molecule has 124 valence electrons. The molecular weight excluding hydrogens is 316 g/mol. The highest BCUT2D eigenvalue weighted by molar-refractivity contribution is 7.91. The molecule has 2 aromatic rings. The average molecular weight is 336 g/mol. The maximum atomic E-state index is 12.4. The minimum absolute atomic E-state index is 0.170. The van der Waals surface area contributed by atoms with Crippen molar-refractivity contribution in [2.75, 3.05) is 5.88 Å². The summed E-state index contributed by atoms with van der Waals surface area (Å²) in [5.41, 5.74) is 5.87. The van der Waals surface area contributed by atoms with Gasteiger partial charge in [0.1, 0.15) is 11.6 Å². The largest absolute Gasteiger partial charge is 0.468 e. The maximum Gasteiger partial charge on any atom is 0.313 e. The Kier molecular flexibility index (Phi) is 4.51. The Balaban J connectivity index is 2.46. The van der Waals surface area contributed by atoms with E-state index in [1.54, 1.807) is 31.4 Å². The van der Waals surface area contributed by atoms with Crippen LogP contribution >= 0.6 is 0 Å². The highest BCUT2D eigenvalue weighted by atomic mass is 32.2. The first-order chi connectivity index (χ1) is 10.6. The van der Waals surface area contributed by atoms with Gasteiger partial charge in [0.25, 0.3) is 0 Å². The van der Waals surface area contributed by atoms with Gasteiger partial charge in [0.2, 0.25) is 0 Å². The Bertz CT molecular complexity index is 809. The van der Waals surface area contributed by atoms with Crippen LogP contribution < -0.4 is 11.1 Å². The number of urea groups is 1. The molecule has 0 aliphatic rings. The standard InChI is InChI=1S/C16H20N2O4S/c1-11-6-7-12(16(2,3)14-5-4-8-22-14)9-13(11)23(20,21)10-18-15(17)19/h4-9H,10H2,1-3H3,(H3,17,18,19). The normalized spacial score (nSPS) is 12.1. The summed E-state index contributed by atoms with van der Waals surface area (Å²) in [4.78, 5) is 10.9. The lowest BCUT2D eigenvalue weighted by Gasteiger charge is -2.24. The van der Waals surface area contributed by atoms with Crippen molar-refractivity contribution in [2.45, 2.75) is 31.1 Å². The number of nitrogens with two attached hydrogens (primary N) is 1. The highest BCUT2D eigenvalue weighted by Gasteiger charge is 2.28. The van der Waals surface area contributed by atoms with Gasteiger partial charge in [-0.05, 0) is 50.1 Å². The van der Waals surface area contributed by atoms with E-state index in [1.807, 2.05) is 26.0 Å². The number of hydrogen-bond donors (Lipinski definition) is 2. The van der Waals surface area contributed by atoms with Crippen molar-refractivity contribution in [1.82, 2.24) is 5.32 Å². The first-order valence-electron chi connectivity index (χ1n) is 7.06. The zero-order valence-corrected chi connectivity index (χ0v) is 14.1. The second kappa shape index (κ2) is 6.08. The number of aryl methyl sites for hydroxylation is 1. The number of sulfone groups is 1. The van der Waals surface area contributed by atoms with Gasteiger partial charge in [0, 0.05) is 5.41 Å². The van der Waals surface area contributed by atoms with Crippen LogP contribution in [0, 0.1) is 6.92 Å². The molecule has 7 heteroatoms. The summed E-state index contributed by atoms with van der Waals surface area (Å²) >= 11 is 0. The SMILES string of the molecule is Cc1ccc(C(C)(C)c2ccco2)cc1S(=O)(=O)CNC(N)=O. The Hall–Kier alpha value is -2.28. The van der Waals surface area contributed by atoms with Gasteiger partial charge in [-0.2, -0.15) is 0 Å². The Morgan fingerprint density at radius 2 is 2.00 bits per heavy atom. The Morgan fingerprint density at radius 1 is 1.30 bits per heavy atom. The third kappa shape index (κ3) is 3.56. The summed E-state index contributed by atoms with van der Waals surface area (Å²) in [6, 6.07) is 8.01. The summed E-state index contributed by atoms with van der Waals surface area (Å²) in [5, 5.41) is 2.13. The maximum absolute atomic E-state index is 12.4. The van der Waals surface area contributed by atoms with Gasteiger partial charge >= 0.3 is 6.03 Å². The quantitative estimate of drug-likeness (QED) is 0.874. The number of benzene rings is 1. The number of carbonyl (C=O) groups is 1. The molecule has 0 aliphatic carbocycles. The lowest BCUT2D eigenvalue weighted by atomic mass is 9.82. The van der Waals surface area contributed by atoms with Crippen molar-refractivity contribution in [3.63, 3.8) is 0 Å². The third-order valence-corrected chi connectivity index (χ3v) is 5.45. The van der Waals surface area contributed by atoms with Crippen LogP contribution in [0.4, 0.5) is 4.79 Å². The number of primary amides is 1. The van der Waals surface area contributed by atoms with E-state index in [4.69, 9.17) is 10.2 Å². The van der Waals surface area contributed by atoms with Gasteiger partial charge in [0.15, 0.2) is 9.84 Å². The fourth-order valence-electron chi connectivity index (χ4n) is 2.34. The lowest BCUT2D eigenvalue weighted by molar-refractivity contribution is 0.250. The summed E-state index contributed by atoms with van der Waals surface area (Å²) in [5.74, 6) is 0.202. The molecule has 1 heterocycles. The number of furan rings is 1. The van der Waals surface area contributed by atoms with Crippen LogP contribution in [0.3, 0.4) is 0 Å². The molecule has 0 radical (unpaired) electrons. The van der Waals surface area contributed by atoms with Crippen LogP contribution in [-0.2, 0) is 15.3 Å². The summed E-state index contributed by atoms with van der Waals surface area (Å²) in [6.07, 6.45) is 1.58. The van der Waals surface area contributed by atoms with Crippen LogP contribution in [-0.4, -0.2) is 20.3 Å². The van der Waals surface area contributed by atoms with E-state index in [2.05, 4.69) is 5.32 Å². The molecule has 0 aliphatic heterocycles. The van der Waals surface area contributed by atoms with Gasteiger partial charge in [-0.15, -0.1) is 0 Å². The zero-order chi connectivity index (χ0) is 17.3. The van der Waals surface area contributed by atoms with Crippen molar-refractivity contribution in [3.8, 4) is 0 Å². The van der Waals surface area contributed by atoms with E-state index < -0.39 is 27.2 Å². The smallest absolute Gasteiger partial charge is 0.313 e. The van der Waals surface area contributed by atoms with Crippen molar-refractivity contribution < 1.29 is 17.6 Å². The van der Waals surface area contributed by atoms with Gasteiger partial charge in [-0.3, -0.25) is 0 Å². The van der Waals surface area contributed by atoms with Crippen LogP contribution in [0.1, 0.15) is 30.7 Å². The number of nitrogens with one attached hydrogen (secondary N) is 1. The Labute approximate surface area is 135 Å². The molecule has 6 nitrogen and oxygen atoms in total. The van der Waals surface area contributed by atoms with E-state index in [9.17, 15) is 13.2 Å². The zero-order valence-electron chi connectivity index (χ0n) is 13.3. The summed E-state index contributed by atoms with van der Waals surface area (Å²) in [7, 11) is -3.68. The predicted molar refractivity (Wildman–Crippen MR) is 86.8 cm³/mol. The molecule has 2 rings (SSSR count). The van der Waals surface area contributed by atoms with Crippen molar-refractivity contribution >= 4 is 15.9 Å². The first kappa shape index (κ1) is 17.1. The number of hydrogen-bond acceptors (Lipinski definition) is 4. The molecule has 0 atom stereocenters. The van der Waals surface area contributed by atoms with Gasteiger partial charge in [-0.25, -0.2) is 13.2 Å². The first-order valence-corrected chi connectivity index (χ1v) is 8.71. The third-order valence-electron chi connectivity index (χ3n) is 3.82. The fraction of sp³-hybridized carbons (Fsp3) is 0.312. The second-order valence-electron chi connectivity index (χ2n) is 5.88. The van der Waals surface area contributed by atoms with Crippen LogP contribution in [0.25, 0.3) is 0 Å². The van der Waals surface area contributed by atoms with E-state index in [1.165, 1.54) is 0 Å². The molecule has 0 bridgehead atoms. The van der Waals surface area contributed by atoms with Crippen LogP contribution in [0.15, 0.2) is 45.9 Å². The predicted octanol–water partition coefficient (Wildman–Crippen LogP) is 2.31. The molecule has 1 aromatic heterocycles. The second-order valence-corrected chi connectivity index (χ2v) is 7.84. The molecular formula is C16H20N2O4S. The lowest BCUT2D eigenvalue weighted by Crippen LogP contribution is -2.34. The molecule has 0 unspecified atom stereocenters. The topological polar surface area (TPSA) is 102 Å². The van der Waals surface area contributed by atoms with E-state index in [-0.39, 0.29) is 4.90 Å². The van der Waals surface area contributed by atoms with Crippen molar-refractivity contribution in [1.29, 1.82) is 0 Å². The van der Waals surface area contributed by atoms with Gasteiger partial charge < -0.3 is 15.5 Å². The number of amides is 2. The minimum atomic E-state index is -3.68. The van der Waals surface area contributed by atoms with Gasteiger partial charge in [0.05, 0.1) is 11.2 Å². The van der Waals surface area contributed by atoms with E-state index in [0.717, 1.165) is 11.3 Å². The van der Waals surface area contributed by atoms with Crippen LogP contribution in [0.5, 0.6) is 0 Å². The minimum Gasteiger partial charge on any atom is -0.468 e. The molecule has 0 saturated heterocycles. The molecule has 1 aromatic carbocycles. The number of rotatable bonds is 5. The van der Waals surface area contributed by atoms with Crippen molar-refractivity contribution in [3.05, 3.63) is 53.5 Å². The molecule has 0 saturated carbocycles. The fourth-order valence-corrected chi connectivity index (χ4v) is 3.70. The Morgan fingerprint density at radius 3 is 2.57 bits per heavy atom. The highest BCUT2D eigenvalue weighted by Crippen LogP contribution is 2.33. The molecule has 0 fully saturated rings. The molecule has 2 amide bonds. The van der Waals surface area contributed by atoms with Gasteiger partial charge in [-0.1, -0.05) is 12.1 Å². The molecule has 0 spiro atoms. The summed E-state index contributed by atoms with van der Waals surface area (Å²) < 4.78 is 30.3. The van der Waals surface area contributed by atoms with E-state index in [0.29, 0.717) is 5.56 Å². The van der Waals surface area contributed by atoms with Crippen molar-refractivity contribution in [2.24, 2.45) is 5.73 Å². The molecule has 3 N–H and O–H groups in total. The van der Waals surface area contributed by atoms with E-state index >= 15 is 0 Å². The van der Waals surface area contributed by atoms with Crippen LogP contribution in [0.2, 0.25) is 0 Å².